The molecule has 11 nitrogen and oxygen atoms in total. The number of nitrogens with one attached hydrogen (secondary N) is 1. The zero-order chi connectivity index (χ0) is 38.3. The van der Waals surface area contributed by atoms with Gasteiger partial charge in [-0.1, -0.05) is 25.3 Å². The Morgan fingerprint density at radius 2 is 1.71 bits per heavy atom. The van der Waals surface area contributed by atoms with E-state index in [0.29, 0.717) is 24.1 Å². The standard InChI is InChI=1S/C43H52N6O5S/c1-25(2)55(52,53)45-42(50)28-14-16-36-37(20-28)48-22-30(18-29-19-34(54-5)15-17-35(29)41(48)39(36)27-10-7-6-8-11-27)40-38(26(3)44-49(40)31-12-9-13-31)43(51)47-24-32-21-33(47)23-46(32)4/h14-20,25,27,31-33H,6-13,21-24H2,1-5H3,(H,45,50)/t32-,33-/m1/s1. The average Bonchev–Trinajstić information content (AvgIpc) is 3.87. The van der Waals surface area contributed by atoms with E-state index in [1.165, 1.54) is 12.0 Å². The molecule has 3 aliphatic heterocycles. The molecule has 9 rings (SSSR count). The Balaban J connectivity index is 1.26. The van der Waals surface area contributed by atoms with Crippen molar-refractivity contribution < 1.29 is 22.7 Å². The number of amides is 2. The summed E-state index contributed by atoms with van der Waals surface area (Å²) in [5, 5.41) is 5.48. The molecule has 1 N–H and O–H groups in total. The molecule has 2 bridgehead atoms. The molecule has 2 saturated heterocycles. The number of rotatable bonds is 8. The maximum absolute atomic E-state index is 14.9. The van der Waals surface area contributed by atoms with Gasteiger partial charge in [-0.2, -0.15) is 5.10 Å². The van der Waals surface area contributed by atoms with E-state index in [0.717, 1.165) is 115 Å². The second-order valence-corrected chi connectivity index (χ2v) is 19.1. The van der Waals surface area contributed by atoms with E-state index >= 15 is 0 Å². The molecule has 2 amide bonds. The highest BCUT2D eigenvalue weighted by Gasteiger charge is 2.45. The third-order valence-electron chi connectivity index (χ3n) is 13.2. The Hall–Kier alpha value is -4.42. The van der Waals surface area contributed by atoms with Crippen LogP contribution in [-0.4, -0.2) is 89.0 Å². The third-order valence-corrected chi connectivity index (χ3v) is 14.9. The number of piperazine rings is 1. The molecule has 5 aliphatic rings. The highest BCUT2D eigenvalue weighted by Crippen LogP contribution is 2.49. The number of fused-ring (bicyclic) bond motifs is 7. The van der Waals surface area contributed by atoms with E-state index in [2.05, 4.69) is 49.0 Å². The second-order valence-electron chi connectivity index (χ2n) is 16.8. The van der Waals surface area contributed by atoms with Crippen molar-refractivity contribution >= 4 is 44.4 Å². The van der Waals surface area contributed by atoms with Gasteiger partial charge in [0.05, 0.1) is 47.6 Å². The van der Waals surface area contributed by atoms with Crippen molar-refractivity contribution in [2.45, 2.75) is 114 Å². The first-order valence-corrected chi connectivity index (χ1v) is 21.7. The highest BCUT2D eigenvalue weighted by molar-refractivity contribution is 7.90. The second kappa shape index (κ2) is 13.7. The normalized spacial score (nSPS) is 21.7. The van der Waals surface area contributed by atoms with Gasteiger partial charge in [-0.05, 0) is 125 Å². The minimum absolute atomic E-state index is 0.0560. The molecule has 2 aliphatic carbocycles. The van der Waals surface area contributed by atoms with E-state index in [9.17, 15) is 18.0 Å². The smallest absolute Gasteiger partial charge is 0.264 e. The SMILES string of the molecule is COc1ccc2c(c1)C=C(c1c(C(=O)N3C[C@H]4C[C@@H]3CN4C)c(C)nn1C1CCC1)Cn1c-2c(C2CCCCC2)c2ccc(C(=O)NS(=O)(=O)C(C)C)cc21. The van der Waals surface area contributed by atoms with Crippen LogP contribution in [0.5, 0.6) is 5.75 Å². The van der Waals surface area contributed by atoms with Gasteiger partial charge < -0.3 is 14.2 Å². The van der Waals surface area contributed by atoms with Crippen molar-refractivity contribution in [1.29, 1.82) is 0 Å². The molecule has 0 unspecified atom stereocenters. The fraction of sp³-hybridized carbons (Fsp3) is 0.512. The van der Waals surface area contributed by atoms with Crippen LogP contribution in [0.4, 0.5) is 0 Å². The Morgan fingerprint density at radius 1 is 0.927 bits per heavy atom. The van der Waals surface area contributed by atoms with Gasteiger partial charge in [0.2, 0.25) is 10.0 Å². The fourth-order valence-corrected chi connectivity index (χ4v) is 10.5. The average molecular weight is 765 g/mol. The summed E-state index contributed by atoms with van der Waals surface area (Å²) in [6.07, 6.45) is 12.1. The molecular weight excluding hydrogens is 713 g/mol. The number of nitrogens with zero attached hydrogens (tertiary/aromatic N) is 5. The van der Waals surface area contributed by atoms with Gasteiger partial charge in [-0.3, -0.25) is 19.2 Å². The van der Waals surface area contributed by atoms with Gasteiger partial charge in [0, 0.05) is 47.2 Å². The van der Waals surface area contributed by atoms with Crippen LogP contribution in [0.25, 0.3) is 33.8 Å². The number of ether oxygens (including phenoxy) is 1. The summed E-state index contributed by atoms with van der Waals surface area (Å²) in [4.78, 5) is 32.9. The summed E-state index contributed by atoms with van der Waals surface area (Å²) >= 11 is 0. The number of carbonyl (C=O) groups is 2. The molecule has 0 spiro atoms. The minimum Gasteiger partial charge on any atom is -0.497 e. The number of aryl methyl sites for hydroxylation is 1. The van der Waals surface area contributed by atoms with Gasteiger partial charge >= 0.3 is 0 Å². The lowest BCUT2D eigenvalue weighted by molar-refractivity contribution is 0.0649. The van der Waals surface area contributed by atoms with Gasteiger partial charge in [0.25, 0.3) is 11.8 Å². The molecule has 4 aromatic rings. The minimum atomic E-state index is -3.84. The molecule has 2 saturated carbocycles. The third kappa shape index (κ3) is 6.02. The lowest BCUT2D eigenvalue weighted by Crippen LogP contribution is -2.47. The Morgan fingerprint density at radius 3 is 2.36 bits per heavy atom. The molecule has 4 fully saturated rings. The maximum atomic E-state index is 14.9. The summed E-state index contributed by atoms with van der Waals surface area (Å²) in [5.41, 5.74) is 8.92. The summed E-state index contributed by atoms with van der Waals surface area (Å²) in [5.74, 6) is 0.492. The van der Waals surface area contributed by atoms with Crippen LogP contribution in [0.15, 0.2) is 36.4 Å². The van der Waals surface area contributed by atoms with Crippen LogP contribution in [0.2, 0.25) is 0 Å². The first-order valence-electron chi connectivity index (χ1n) is 20.1. The monoisotopic (exact) mass is 764 g/mol. The van der Waals surface area contributed by atoms with Gasteiger partial charge in [-0.25, -0.2) is 13.1 Å². The first-order chi connectivity index (χ1) is 26.4. The first kappa shape index (κ1) is 36.2. The topological polar surface area (TPSA) is 119 Å². The van der Waals surface area contributed by atoms with Crippen LogP contribution in [0.1, 0.15) is 127 Å². The van der Waals surface area contributed by atoms with Crippen molar-refractivity contribution in [3.05, 3.63) is 70.0 Å². The summed E-state index contributed by atoms with van der Waals surface area (Å²) in [7, 11) is 0.00347. The number of hydrogen-bond donors (Lipinski definition) is 1. The van der Waals surface area contributed by atoms with E-state index in [4.69, 9.17) is 9.84 Å². The van der Waals surface area contributed by atoms with E-state index in [1.807, 2.05) is 25.1 Å². The number of carbonyl (C=O) groups excluding carboxylic acids is 2. The molecule has 55 heavy (non-hydrogen) atoms. The van der Waals surface area contributed by atoms with Crippen LogP contribution in [0, 0.1) is 6.92 Å². The largest absolute Gasteiger partial charge is 0.497 e. The number of sulfonamides is 1. The molecule has 5 heterocycles. The zero-order valence-corrected chi connectivity index (χ0v) is 33.4. The van der Waals surface area contributed by atoms with Crippen LogP contribution >= 0.6 is 0 Å². The van der Waals surface area contributed by atoms with Crippen LogP contribution in [0.3, 0.4) is 0 Å². The molecule has 290 valence electrons. The quantitative estimate of drug-likeness (QED) is 0.203. The fourth-order valence-electron chi connectivity index (χ4n) is 9.90. The summed E-state index contributed by atoms with van der Waals surface area (Å²) in [6, 6.07) is 12.7. The maximum Gasteiger partial charge on any atom is 0.264 e. The molecule has 0 radical (unpaired) electrons. The van der Waals surface area contributed by atoms with Gasteiger partial charge in [0.15, 0.2) is 0 Å². The van der Waals surface area contributed by atoms with E-state index in [1.54, 1.807) is 27.0 Å². The van der Waals surface area contributed by atoms with Crippen molar-refractivity contribution in [2.24, 2.45) is 0 Å². The summed E-state index contributed by atoms with van der Waals surface area (Å²) < 4.78 is 38.2. The lowest BCUT2D eigenvalue weighted by atomic mass is 9.81. The van der Waals surface area contributed by atoms with Crippen molar-refractivity contribution in [3.8, 4) is 17.0 Å². The zero-order valence-electron chi connectivity index (χ0n) is 32.6. The molecule has 12 heteroatoms. The van der Waals surface area contributed by atoms with E-state index in [-0.39, 0.29) is 23.6 Å². The predicted octanol–water partition coefficient (Wildman–Crippen LogP) is 7.15. The van der Waals surface area contributed by atoms with Crippen molar-refractivity contribution in [2.75, 3.05) is 27.2 Å². The highest BCUT2D eigenvalue weighted by atomic mass is 32.2. The molecule has 2 atom stereocenters. The number of likely N-dealkylation sites (N-methyl/N-ethyl adjacent to an activating group) is 1. The molecule has 2 aromatic carbocycles. The number of hydrogen-bond acceptors (Lipinski definition) is 7. The summed E-state index contributed by atoms with van der Waals surface area (Å²) in [6.45, 7) is 7.15. The van der Waals surface area contributed by atoms with Gasteiger partial charge in [-0.15, -0.1) is 0 Å². The number of benzene rings is 2. The molecular formula is C43H52N6O5S. The van der Waals surface area contributed by atoms with Crippen molar-refractivity contribution in [3.63, 3.8) is 0 Å². The number of likely N-dealkylation sites (tertiary alicyclic amines) is 2. The number of aromatic nitrogens is 3. The Labute approximate surface area is 323 Å². The van der Waals surface area contributed by atoms with Gasteiger partial charge in [0.1, 0.15) is 5.75 Å². The number of allylic oxidation sites excluding steroid dienone is 1. The Kier molecular flexibility index (Phi) is 8.99. The van der Waals surface area contributed by atoms with Crippen LogP contribution < -0.4 is 9.46 Å². The Bertz CT molecular complexity index is 2360. The van der Waals surface area contributed by atoms with Crippen molar-refractivity contribution in [1.82, 2.24) is 28.9 Å². The van der Waals surface area contributed by atoms with E-state index < -0.39 is 21.2 Å². The predicted molar refractivity (Wildman–Crippen MR) is 215 cm³/mol. The lowest BCUT2D eigenvalue weighted by Gasteiger charge is -2.32. The van der Waals surface area contributed by atoms with Crippen LogP contribution in [-0.2, 0) is 16.6 Å². The number of methoxy groups -OCH3 is 1. The molecule has 2 aromatic heterocycles.